The van der Waals surface area contributed by atoms with Crippen LogP contribution in [0, 0.1) is 6.92 Å². The molecule has 1 atom stereocenters. The zero-order valence-electron chi connectivity index (χ0n) is 5.81. The Hall–Kier alpha value is -0.360. The van der Waals surface area contributed by atoms with Crippen LogP contribution in [0.4, 0.5) is 0 Å². The first-order valence-electron chi connectivity index (χ1n) is 3.21. The Kier molecular flexibility index (Phi) is 2.23. The highest BCUT2D eigenvalue weighted by Gasteiger charge is 1.97. The van der Waals surface area contributed by atoms with Crippen LogP contribution in [0.2, 0.25) is 0 Å². The zero-order valence-corrected chi connectivity index (χ0v) is 6.81. The third-order valence-electron chi connectivity index (χ3n) is 1.31. The SMILES string of the molecule is CCCc1n[pH]nc1C. The summed E-state index contributed by atoms with van der Waals surface area (Å²) in [5, 5.41) is 0. The monoisotopic (exact) mass is 142 g/mol. The molecule has 2 nitrogen and oxygen atoms in total. The van der Waals surface area contributed by atoms with E-state index in [-0.39, 0.29) is 0 Å². The standard InChI is InChI=1S/C6H11N2P/c1-3-4-6-5(2)7-9-8-6/h9H,3-4H2,1-2H3. The summed E-state index contributed by atoms with van der Waals surface area (Å²) < 4.78 is 8.42. The Morgan fingerprint density at radius 1 is 1.44 bits per heavy atom. The van der Waals surface area contributed by atoms with Crippen molar-refractivity contribution in [1.29, 1.82) is 0 Å². The van der Waals surface area contributed by atoms with Gasteiger partial charge >= 0.3 is 0 Å². The van der Waals surface area contributed by atoms with Crippen molar-refractivity contribution < 1.29 is 0 Å². The van der Waals surface area contributed by atoms with Gasteiger partial charge in [0.2, 0.25) is 0 Å². The summed E-state index contributed by atoms with van der Waals surface area (Å²) in [5.74, 6) is 0. The fourth-order valence-electron chi connectivity index (χ4n) is 0.779. The van der Waals surface area contributed by atoms with Crippen LogP contribution in [0.3, 0.4) is 0 Å². The average Bonchev–Trinajstić information content (AvgIpc) is 2.18. The number of aromatic nitrogens is 2. The van der Waals surface area contributed by atoms with Gasteiger partial charge in [-0.15, -0.1) is 0 Å². The molecule has 0 aliphatic heterocycles. The highest BCUT2D eigenvalue weighted by Crippen LogP contribution is 2.08. The summed E-state index contributed by atoms with van der Waals surface area (Å²) in [7, 11) is 0.455. The molecule has 1 heterocycles. The maximum absolute atomic E-state index is 4.25. The van der Waals surface area contributed by atoms with Crippen LogP contribution in [0.1, 0.15) is 24.7 Å². The van der Waals surface area contributed by atoms with Crippen molar-refractivity contribution in [2.75, 3.05) is 0 Å². The van der Waals surface area contributed by atoms with Crippen LogP contribution >= 0.6 is 8.51 Å². The molecule has 0 aromatic carbocycles. The van der Waals surface area contributed by atoms with Crippen molar-refractivity contribution in [3.8, 4) is 0 Å². The lowest BCUT2D eigenvalue weighted by atomic mass is 10.2. The quantitative estimate of drug-likeness (QED) is 0.628. The highest BCUT2D eigenvalue weighted by molar-refractivity contribution is 7.20. The Morgan fingerprint density at radius 2 is 2.22 bits per heavy atom. The van der Waals surface area contributed by atoms with Crippen molar-refractivity contribution in [1.82, 2.24) is 9.49 Å². The molecule has 9 heavy (non-hydrogen) atoms. The number of aryl methyl sites for hydroxylation is 2. The minimum Gasteiger partial charge on any atom is -0.225 e. The van der Waals surface area contributed by atoms with Crippen LogP contribution in [0.15, 0.2) is 0 Å². The zero-order chi connectivity index (χ0) is 6.69. The van der Waals surface area contributed by atoms with Gasteiger partial charge in [-0.2, -0.15) is 0 Å². The molecule has 0 bridgehead atoms. The molecule has 0 aliphatic rings. The van der Waals surface area contributed by atoms with E-state index in [9.17, 15) is 0 Å². The number of hydrogen-bond acceptors (Lipinski definition) is 2. The lowest BCUT2D eigenvalue weighted by Crippen LogP contribution is -1.85. The van der Waals surface area contributed by atoms with Crippen LogP contribution in [0.5, 0.6) is 0 Å². The van der Waals surface area contributed by atoms with Gasteiger partial charge in [-0.25, -0.2) is 9.49 Å². The molecule has 1 aromatic heterocycles. The maximum Gasteiger partial charge on any atom is 0.0675 e. The normalized spacial score (nSPS) is 10.9. The van der Waals surface area contributed by atoms with Crippen molar-refractivity contribution >= 4 is 8.51 Å². The van der Waals surface area contributed by atoms with E-state index in [1.807, 2.05) is 6.92 Å². The Morgan fingerprint density at radius 3 is 2.67 bits per heavy atom. The van der Waals surface area contributed by atoms with E-state index < -0.39 is 0 Å². The summed E-state index contributed by atoms with van der Waals surface area (Å²) in [6, 6.07) is 0. The topological polar surface area (TPSA) is 25.8 Å². The Bertz CT molecular complexity index is 183. The summed E-state index contributed by atoms with van der Waals surface area (Å²) in [5.41, 5.74) is 2.37. The molecule has 1 aromatic rings. The first-order chi connectivity index (χ1) is 4.34. The second-order valence-corrected chi connectivity index (χ2v) is 2.75. The third kappa shape index (κ3) is 1.52. The molecule has 50 valence electrons. The fourth-order valence-corrected chi connectivity index (χ4v) is 1.50. The van der Waals surface area contributed by atoms with Crippen LogP contribution in [-0.4, -0.2) is 9.49 Å². The molecule has 0 radical (unpaired) electrons. The number of rotatable bonds is 2. The van der Waals surface area contributed by atoms with Gasteiger partial charge in [0.15, 0.2) is 0 Å². The van der Waals surface area contributed by atoms with Crippen molar-refractivity contribution in [3.05, 3.63) is 11.4 Å². The van der Waals surface area contributed by atoms with Gasteiger partial charge in [-0.3, -0.25) is 0 Å². The van der Waals surface area contributed by atoms with Crippen LogP contribution < -0.4 is 0 Å². The van der Waals surface area contributed by atoms with Gasteiger partial charge in [0, 0.05) is 0 Å². The molecule has 0 N–H and O–H groups in total. The van der Waals surface area contributed by atoms with E-state index >= 15 is 0 Å². The van der Waals surface area contributed by atoms with Crippen molar-refractivity contribution in [2.45, 2.75) is 26.7 Å². The smallest absolute Gasteiger partial charge is 0.0675 e. The predicted molar refractivity (Wildman–Crippen MR) is 40.3 cm³/mol. The van der Waals surface area contributed by atoms with E-state index in [1.54, 1.807) is 0 Å². The molecule has 1 unspecified atom stereocenters. The molecular weight excluding hydrogens is 131 g/mol. The molecule has 0 saturated carbocycles. The summed E-state index contributed by atoms with van der Waals surface area (Å²) in [6.45, 7) is 4.20. The van der Waals surface area contributed by atoms with Crippen LogP contribution in [0.25, 0.3) is 0 Å². The third-order valence-corrected chi connectivity index (χ3v) is 2.11. The second kappa shape index (κ2) is 2.98. The number of nitrogens with zero attached hydrogens (tertiary/aromatic N) is 2. The second-order valence-electron chi connectivity index (χ2n) is 2.11. The van der Waals surface area contributed by atoms with E-state index in [4.69, 9.17) is 0 Å². The Labute approximate surface area is 56.9 Å². The van der Waals surface area contributed by atoms with E-state index in [2.05, 4.69) is 16.4 Å². The first kappa shape index (κ1) is 6.76. The van der Waals surface area contributed by atoms with Crippen LogP contribution in [-0.2, 0) is 6.42 Å². The van der Waals surface area contributed by atoms with E-state index in [0.717, 1.165) is 12.1 Å². The highest BCUT2D eigenvalue weighted by atomic mass is 31.1. The molecule has 0 spiro atoms. The molecule has 0 aliphatic carbocycles. The lowest BCUT2D eigenvalue weighted by Gasteiger charge is -1.89. The van der Waals surface area contributed by atoms with E-state index in [1.165, 1.54) is 12.1 Å². The maximum atomic E-state index is 4.25. The molecule has 3 heteroatoms. The van der Waals surface area contributed by atoms with Crippen molar-refractivity contribution in [2.24, 2.45) is 0 Å². The minimum atomic E-state index is 0.455. The molecule has 0 fully saturated rings. The number of hydrogen-bond donors (Lipinski definition) is 0. The Balaban J connectivity index is 2.69. The predicted octanol–water partition coefficient (Wildman–Crippen LogP) is 1.77. The van der Waals surface area contributed by atoms with Gasteiger partial charge in [0.1, 0.15) is 0 Å². The summed E-state index contributed by atoms with van der Waals surface area (Å²) in [4.78, 5) is 0. The minimum absolute atomic E-state index is 0.455. The van der Waals surface area contributed by atoms with Crippen molar-refractivity contribution in [3.63, 3.8) is 0 Å². The van der Waals surface area contributed by atoms with Gasteiger partial charge in [-0.1, -0.05) is 13.3 Å². The lowest BCUT2D eigenvalue weighted by molar-refractivity contribution is 0.886. The van der Waals surface area contributed by atoms with E-state index in [0.29, 0.717) is 8.51 Å². The summed E-state index contributed by atoms with van der Waals surface area (Å²) >= 11 is 0. The summed E-state index contributed by atoms with van der Waals surface area (Å²) in [6.07, 6.45) is 2.28. The van der Waals surface area contributed by atoms with Gasteiger partial charge in [0.25, 0.3) is 0 Å². The molecular formula is C6H11N2P. The largest absolute Gasteiger partial charge is 0.225 e. The molecule has 0 saturated heterocycles. The fraction of sp³-hybridized carbons (Fsp3) is 0.667. The molecule has 0 amide bonds. The average molecular weight is 142 g/mol. The molecule has 1 rings (SSSR count). The van der Waals surface area contributed by atoms with Gasteiger partial charge in [-0.05, 0) is 13.3 Å². The van der Waals surface area contributed by atoms with Gasteiger partial charge < -0.3 is 0 Å². The first-order valence-corrected chi connectivity index (χ1v) is 4.10. The van der Waals surface area contributed by atoms with Gasteiger partial charge in [0.05, 0.1) is 19.9 Å².